The molecule has 68 valence electrons. The number of fused-ring (bicyclic) bond motifs is 1. The van der Waals surface area contributed by atoms with Crippen molar-refractivity contribution in [2.45, 2.75) is 14.4 Å². The molecule has 0 aromatic carbocycles. The lowest BCUT2D eigenvalue weighted by Gasteiger charge is -1.99. The molecule has 0 atom stereocenters. The van der Waals surface area contributed by atoms with Gasteiger partial charge in [-0.2, -0.15) is 0 Å². The zero-order chi connectivity index (χ0) is 8.55. The van der Waals surface area contributed by atoms with Gasteiger partial charge in [-0.25, -0.2) is 0 Å². The van der Waals surface area contributed by atoms with Crippen LogP contribution in [0.2, 0.25) is 0 Å². The van der Waals surface area contributed by atoms with E-state index in [-0.39, 0.29) is 13.0 Å². The fourth-order valence-electron chi connectivity index (χ4n) is 1.25. The van der Waals surface area contributed by atoms with Gasteiger partial charge in [0.05, 0.1) is 0 Å². The second kappa shape index (κ2) is 3.44. The van der Waals surface area contributed by atoms with E-state index in [1.807, 2.05) is 37.3 Å². The number of hydrogen-bond acceptors (Lipinski definition) is 1. The molecule has 2 rings (SSSR count). The molecule has 0 saturated heterocycles. The summed E-state index contributed by atoms with van der Waals surface area (Å²) in [6.07, 6.45) is 1.78. The summed E-state index contributed by atoms with van der Waals surface area (Å²) >= 11 is 0. The Balaban J connectivity index is 0.000000845. The average Bonchev–Trinajstić information content (AvgIpc) is 2.12. The van der Waals surface area contributed by atoms with E-state index >= 15 is 0 Å². The van der Waals surface area contributed by atoms with Gasteiger partial charge in [-0.1, -0.05) is 19.6 Å². The topological polar surface area (TPSA) is 21.5 Å². The summed E-state index contributed by atoms with van der Waals surface area (Å²) in [7, 11) is 0. The van der Waals surface area contributed by atoms with Crippen LogP contribution in [0.5, 0.6) is 0 Å². The van der Waals surface area contributed by atoms with Crippen LogP contribution in [-0.4, -0.2) is 4.40 Å². The van der Waals surface area contributed by atoms with Crippen LogP contribution in [0.25, 0.3) is 5.52 Å². The molecule has 0 aliphatic heterocycles. The van der Waals surface area contributed by atoms with Crippen LogP contribution in [0.1, 0.15) is 13.0 Å². The van der Waals surface area contributed by atoms with Gasteiger partial charge in [0, 0.05) is 17.3 Å². The highest BCUT2D eigenvalue weighted by Gasteiger charge is 1.95. The van der Waals surface area contributed by atoms with Crippen LogP contribution < -0.4 is 5.56 Å². The van der Waals surface area contributed by atoms with Crippen LogP contribution >= 0.6 is 0 Å². The maximum absolute atomic E-state index is 11.5. The van der Waals surface area contributed by atoms with Gasteiger partial charge in [-0.05, 0) is 25.1 Å². The van der Waals surface area contributed by atoms with Crippen LogP contribution in [0.15, 0.2) is 41.3 Å². The molecule has 0 bridgehead atoms. The van der Waals surface area contributed by atoms with Crippen molar-refractivity contribution in [3.63, 3.8) is 0 Å². The van der Waals surface area contributed by atoms with Crippen molar-refractivity contribution in [3.05, 3.63) is 52.4 Å². The fourth-order valence-corrected chi connectivity index (χ4v) is 1.25. The monoisotopic (exact) mass is 175 g/mol. The van der Waals surface area contributed by atoms with E-state index < -0.39 is 0 Å². The highest BCUT2D eigenvalue weighted by molar-refractivity contribution is 5.46. The third-order valence-corrected chi connectivity index (χ3v) is 1.95. The normalized spacial score (nSPS) is 9.62. The number of aromatic nitrogens is 1. The first-order chi connectivity index (χ1) is 5.79. The standard InChI is InChI=1S/C10H9NO.CH4/c1-8-5-6-9-4-2-3-7-11(9)10(8)12;/h2-7H,1H3;1H4. The van der Waals surface area contributed by atoms with E-state index in [9.17, 15) is 4.79 Å². The summed E-state index contributed by atoms with van der Waals surface area (Å²) in [6.45, 7) is 1.82. The van der Waals surface area contributed by atoms with Gasteiger partial charge in [0.2, 0.25) is 0 Å². The lowest BCUT2D eigenvalue weighted by Crippen LogP contribution is -2.14. The van der Waals surface area contributed by atoms with Crippen molar-refractivity contribution in [2.75, 3.05) is 0 Å². The van der Waals surface area contributed by atoms with Crippen molar-refractivity contribution in [1.82, 2.24) is 4.40 Å². The molecule has 2 heterocycles. The summed E-state index contributed by atoms with van der Waals surface area (Å²) in [6, 6.07) is 9.48. The summed E-state index contributed by atoms with van der Waals surface area (Å²) < 4.78 is 1.65. The quantitative estimate of drug-likeness (QED) is 0.601. The van der Waals surface area contributed by atoms with Crippen LogP contribution in [0.3, 0.4) is 0 Å². The van der Waals surface area contributed by atoms with Gasteiger partial charge < -0.3 is 0 Å². The second-order valence-electron chi connectivity index (χ2n) is 2.82. The number of nitrogens with zero attached hydrogens (tertiary/aromatic N) is 1. The molecule has 0 N–H and O–H groups in total. The Labute approximate surface area is 77.5 Å². The predicted molar refractivity (Wildman–Crippen MR) is 55.1 cm³/mol. The van der Waals surface area contributed by atoms with Gasteiger partial charge >= 0.3 is 0 Å². The largest absolute Gasteiger partial charge is 0.284 e. The molecular weight excluding hydrogens is 162 g/mol. The molecule has 0 radical (unpaired) electrons. The maximum Gasteiger partial charge on any atom is 0.257 e. The lowest BCUT2D eigenvalue weighted by atomic mass is 10.2. The molecule has 2 heteroatoms. The summed E-state index contributed by atoms with van der Waals surface area (Å²) in [5.41, 5.74) is 1.78. The number of pyridine rings is 2. The Kier molecular flexibility index (Phi) is 2.52. The predicted octanol–water partition coefficient (Wildman–Crippen LogP) is 2.24. The highest BCUT2D eigenvalue weighted by Crippen LogP contribution is 1.99. The molecule has 0 fully saturated rings. The highest BCUT2D eigenvalue weighted by atomic mass is 16.1. The smallest absolute Gasteiger partial charge is 0.257 e. The molecule has 0 spiro atoms. The third kappa shape index (κ3) is 1.47. The van der Waals surface area contributed by atoms with Crippen molar-refractivity contribution in [1.29, 1.82) is 0 Å². The van der Waals surface area contributed by atoms with E-state index in [2.05, 4.69) is 0 Å². The van der Waals surface area contributed by atoms with E-state index in [0.717, 1.165) is 11.1 Å². The lowest BCUT2D eigenvalue weighted by molar-refractivity contribution is 1.07. The molecule has 0 unspecified atom stereocenters. The molecule has 0 aliphatic carbocycles. The minimum Gasteiger partial charge on any atom is -0.284 e. The van der Waals surface area contributed by atoms with Crippen LogP contribution in [0, 0.1) is 6.92 Å². The van der Waals surface area contributed by atoms with E-state index in [4.69, 9.17) is 0 Å². The number of aryl methyl sites for hydroxylation is 1. The molecule has 0 saturated carbocycles. The summed E-state index contributed by atoms with van der Waals surface area (Å²) in [5, 5.41) is 0. The number of rotatable bonds is 0. The molecule has 2 nitrogen and oxygen atoms in total. The van der Waals surface area contributed by atoms with Crippen molar-refractivity contribution in [3.8, 4) is 0 Å². The first-order valence-corrected chi connectivity index (χ1v) is 3.86. The fraction of sp³-hybridized carbons (Fsp3) is 0.182. The van der Waals surface area contributed by atoms with Crippen molar-refractivity contribution >= 4 is 5.52 Å². The van der Waals surface area contributed by atoms with E-state index in [1.165, 1.54) is 0 Å². The van der Waals surface area contributed by atoms with Crippen LogP contribution in [0.4, 0.5) is 0 Å². The van der Waals surface area contributed by atoms with Gasteiger partial charge in [0.15, 0.2) is 0 Å². The van der Waals surface area contributed by atoms with Gasteiger partial charge in [-0.3, -0.25) is 9.20 Å². The SMILES string of the molecule is C.Cc1ccc2ccccn2c1=O. The van der Waals surface area contributed by atoms with Crippen molar-refractivity contribution in [2.24, 2.45) is 0 Å². The molecule has 13 heavy (non-hydrogen) atoms. The van der Waals surface area contributed by atoms with Crippen LogP contribution in [-0.2, 0) is 0 Å². The Morgan fingerprint density at radius 1 is 1.15 bits per heavy atom. The number of hydrogen-bond donors (Lipinski definition) is 0. The third-order valence-electron chi connectivity index (χ3n) is 1.95. The molecule has 2 aromatic rings. The Morgan fingerprint density at radius 3 is 2.69 bits per heavy atom. The van der Waals surface area contributed by atoms with Crippen molar-refractivity contribution < 1.29 is 0 Å². The van der Waals surface area contributed by atoms with E-state index in [1.54, 1.807) is 10.6 Å². The summed E-state index contributed by atoms with van der Waals surface area (Å²) in [4.78, 5) is 11.5. The minimum absolute atomic E-state index is 0. The Hall–Kier alpha value is -1.57. The zero-order valence-corrected chi connectivity index (χ0v) is 6.82. The molecular formula is C11H13NO. The Bertz CT molecular complexity index is 471. The first kappa shape index (κ1) is 9.52. The zero-order valence-electron chi connectivity index (χ0n) is 6.82. The second-order valence-corrected chi connectivity index (χ2v) is 2.82. The molecule has 2 aromatic heterocycles. The maximum atomic E-state index is 11.5. The van der Waals surface area contributed by atoms with Gasteiger partial charge in [0.25, 0.3) is 5.56 Å². The Morgan fingerprint density at radius 2 is 1.92 bits per heavy atom. The average molecular weight is 175 g/mol. The van der Waals surface area contributed by atoms with Gasteiger partial charge in [0.1, 0.15) is 0 Å². The summed E-state index contributed by atoms with van der Waals surface area (Å²) in [5.74, 6) is 0. The minimum atomic E-state index is 0. The molecule has 0 amide bonds. The molecule has 0 aliphatic rings. The van der Waals surface area contributed by atoms with Gasteiger partial charge in [-0.15, -0.1) is 0 Å². The van der Waals surface area contributed by atoms with E-state index in [0.29, 0.717) is 0 Å². The first-order valence-electron chi connectivity index (χ1n) is 3.86.